The number of carbonyl (C=O) groups is 2. The van der Waals surface area contributed by atoms with Crippen LogP contribution in [0.2, 0.25) is 0 Å². The minimum Gasteiger partial charge on any atom is -0.322 e. The number of hydrogen-bond donors (Lipinski definition) is 1. The number of carbonyl (C=O) groups excluding carboxylic acids is 2. The summed E-state index contributed by atoms with van der Waals surface area (Å²) in [5, 5.41) is 2.71. The Hall–Kier alpha value is -2.47. The van der Waals surface area contributed by atoms with Crippen molar-refractivity contribution in [3.05, 3.63) is 65.2 Å². The molecule has 0 bridgehead atoms. The Morgan fingerprint density at radius 3 is 2.17 bits per heavy atom. The fraction of sp³-hybridized carbons (Fsp3) is 0.176. The molecule has 0 radical (unpaired) electrons. The lowest BCUT2D eigenvalue weighted by molar-refractivity contribution is 0.101. The smallest absolute Gasteiger partial charge is 0.255 e. The molecular weight excluding hydrogens is 314 g/mol. The van der Waals surface area contributed by atoms with E-state index >= 15 is 0 Å². The number of nitrogens with one attached hydrogen (secondary N) is 1. The van der Waals surface area contributed by atoms with Gasteiger partial charge in [-0.25, -0.2) is 8.42 Å². The quantitative estimate of drug-likeness (QED) is 0.854. The summed E-state index contributed by atoms with van der Waals surface area (Å²) in [5.41, 5.74) is 2.09. The van der Waals surface area contributed by atoms with E-state index in [1.54, 1.807) is 48.5 Å². The number of amides is 1. The van der Waals surface area contributed by atoms with Gasteiger partial charge in [-0.15, -0.1) is 0 Å². The fourth-order valence-electron chi connectivity index (χ4n) is 2.10. The van der Waals surface area contributed by atoms with Gasteiger partial charge in [0.1, 0.15) is 0 Å². The molecule has 0 saturated heterocycles. The molecule has 6 heteroatoms. The first-order valence-electron chi connectivity index (χ1n) is 6.93. The first-order chi connectivity index (χ1) is 10.7. The van der Waals surface area contributed by atoms with Crippen LogP contribution < -0.4 is 5.32 Å². The summed E-state index contributed by atoms with van der Waals surface area (Å²) in [6, 6.07) is 13.0. The van der Waals surface area contributed by atoms with Gasteiger partial charge in [-0.3, -0.25) is 9.59 Å². The van der Waals surface area contributed by atoms with Gasteiger partial charge in [0.25, 0.3) is 5.91 Å². The zero-order valence-corrected chi connectivity index (χ0v) is 13.7. The largest absolute Gasteiger partial charge is 0.322 e. The number of Topliss-reactive ketones (excluding diaryl/α,β-unsaturated/α-hetero) is 1. The topological polar surface area (TPSA) is 80.3 Å². The van der Waals surface area contributed by atoms with Crippen LogP contribution in [-0.4, -0.2) is 26.4 Å². The van der Waals surface area contributed by atoms with Crippen molar-refractivity contribution in [1.29, 1.82) is 0 Å². The molecule has 2 aromatic rings. The summed E-state index contributed by atoms with van der Waals surface area (Å²) in [7, 11) is -3.13. The van der Waals surface area contributed by atoms with Gasteiger partial charge in [0.15, 0.2) is 15.6 Å². The van der Waals surface area contributed by atoms with E-state index < -0.39 is 9.84 Å². The number of hydrogen-bond acceptors (Lipinski definition) is 4. The molecule has 1 amide bonds. The number of rotatable bonds is 5. The van der Waals surface area contributed by atoms with E-state index in [4.69, 9.17) is 0 Å². The maximum Gasteiger partial charge on any atom is 0.255 e. The van der Waals surface area contributed by atoms with Crippen molar-refractivity contribution in [1.82, 2.24) is 0 Å². The van der Waals surface area contributed by atoms with Gasteiger partial charge in [-0.1, -0.05) is 24.3 Å². The highest BCUT2D eigenvalue weighted by atomic mass is 32.2. The van der Waals surface area contributed by atoms with Gasteiger partial charge < -0.3 is 5.32 Å². The van der Waals surface area contributed by atoms with Crippen molar-refractivity contribution in [2.75, 3.05) is 11.6 Å². The van der Waals surface area contributed by atoms with Crippen molar-refractivity contribution in [2.45, 2.75) is 12.7 Å². The molecule has 0 fully saturated rings. The third-order valence-electron chi connectivity index (χ3n) is 3.17. The number of ketones is 1. The lowest BCUT2D eigenvalue weighted by Crippen LogP contribution is -2.12. The number of benzene rings is 2. The normalized spacial score (nSPS) is 11.0. The van der Waals surface area contributed by atoms with Crippen LogP contribution in [0.5, 0.6) is 0 Å². The Bertz CT molecular complexity index is 839. The number of anilines is 1. The summed E-state index contributed by atoms with van der Waals surface area (Å²) >= 11 is 0. The van der Waals surface area contributed by atoms with Crippen LogP contribution in [0, 0.1) is 0 Å². The molecule has 0 aliphatic heterocycles. The fourth-order valence-corrected chi connectivity index (χ4v) is 2.89. The van der Waals surface area contributed by atoms with E-state index in [9.17, 15) is 18.0 Å². The van der Waals surface area contributed by atoms with E-state index in [0.29, 0.717) is 22.4 Å². The minimum atomic E-state index is -3.13. The predicted molar refractivity (Wildman–Crippen MR) is 89.4 cm³/mol. The van der Waals surface area contributed by atoms with Crippen LogP contribution in [0.15, 0.2) is 48.5 Å². The number of sulfone groups is 1. The van der Waals surface area contributed by atoms with Crippen molar-refractivity contribution in [3.8, 4) is 0 Å². The molecular formula is C17H17NO4S. The minimum absolute atomic E-state index is 0.0644. The SMILES string of the molecule is CC(=O)c1ccc(C(=O)Nc2cccc(CS(C)(=O)=O)c2)cc1. The Balaban J connectivity index is 2.13. The van der Waals surface area contributed by atoms with Gasteiger partial charge >= 0.3 is 0 Å². The van der Waals surface area contributed by atoms with E-state index in [-0.39, 0.29) is 17.4 Å². The second-order valence-corrected chi connectivity index (χ2v) is 7.50. The van der Waals surface area contributed by atoms with Crippen LogP contribution in [0.25, 0.3) is 0 Å². The third-order valence-corrected chi connectivity index (χ3v) is 4.03. The highest BCUT2D eigenvalue weighted by Crippen LogP contribution is 2.15. The average Bonchev–Trinajstić information content (AvgIpc) is 2.46. The molecule has 0 spiro atoms. The van der Waals surface area contributed by atoms with Gasteiger partial charge in [0.05, 0.1) is 5.75 Å². The van der Waals surface area contributed by atoms with E-state index in [1.165, 1.54) is 6.92 Å². The van der Waals surface area contributed by atoms with Gasteiger partial charge in [0, 0.05) is 23.1 Å². The molecule has 120 valence electrons. The standard InChI is InChI=1S/C17H17NO4S/c1-12(19)14-6-8-15(9-7-14)17(20)18-16-5-3-4-13(10-16)11-23(2,21)22/h3-10H,11H2,1-2H3,(H,18,20). The molecule has 0 saturated carbocycles. The molecule has 0 heterocycles. The van der Waals surface area contributed by atoms with Crippen LogP contribution >= 0.6 is 0 Å². The first-order valence-corrected chi connectivity index (χ1v) is 9.00. The lowest BCUT2D eigenvalue weighted by Gasteiger charge is -2.07. The maximum atomic E-state index is 12.2. The second-order valence-electron chi connectivity index (χ2n) is 5.36. The monoisotopic (exact) mass is 331 g/mol. The Morgan fingerprint density at radius 1 is 1.00 bits per heavy atom. The van der Waals surface area contributed by atoms with Crippen LogP contribution in [0.4, 0.5) is 5.69 Å². The highest BCUT2D eigenvalue weighted by molar-refractivity contribution is 7.89. The molecule has 5 nitrogen and oxygen atoms in total. The molecule has 0 atom stereocenters. The molecule has 0 aromatic heterocycles. The maximum absolute atomic E-state index is 12.2. The molecule has 0 unspecified atom stereocenters. The van der Waals surface area contributed by atoms with Crippen molar-refractivity contribution in [3.63, 3.8) is 0 Å². The summed E-state index contributed by atoms with van der Waals surface area (Å²) in [4.78, 5) is 23.4. The van der Waals surface area contributed by atoms with Crippen LogP contribution in [0.3, 0.4) is 0 Å². The summed E-state index contributed by atoms with van der Waals surface area (Å²) in [5.74, 6) is -0.466. The Kier molecular flexibility index (Phi) is 4.95. The molecule has 1 N–H and O–H groups in total. The second kappa shape index (κ2) is 6.75. The average molecular weight is 331 g/mol. The highest BCUT2D eigenvalue weighted by Gasteiger charge is 2.09. The van der Waals surface area contributed by atoms with Crippen LogP contribution in [-0.2, 0) is 15.6 Å². The molecule has 2 rings (SSSR count). The van der Waals surface area contributed by atoms with Crippen LogP contribution in [0.1, 0.15) is 33.2 Å². The van der Waals surface area contributed by atoms with Crippen molar-refractivity contribution >= 4 is 27.2 Å². The molecule has 0 aliphatic carbocycles. The summed E-state index contributed by atoms with van der Waals surface area (Å²) in [6.45, 7) is 1.46. The molecule has 23 heavy (non-hydrogen) atoms. The van der Waals surface area contributed by atoms with Gasteiger partial charge in [-0.2, -0.15) is 0 Å². The molecule has 2 aromatic carbocycles. The Labute approximate surface area is 135 Å². The summed E-state index contributed by atoms with van der Waals surface area (Å²) < 4.78 is 22.7. The van der Waals surface area contributed by atoms with Gasteiger partial charge in [0.2, 0.25) is 0 Å². The van der Waals surface area contributed by atoms with E-state index in [2.05, 4.69) is 5.32 Å². The lowest BCUT2D eigenvalue weighted by atomic mass is 10.1. The van der Waals surface area contributed by atoms with Crippen molar-refractivity contribution < 1.29 is 18.0 Å². The third kappa shape index (κ3) is 5.03. The first kappa shape index (κ1) is 16.9. The predicted octanol–water partition coefficient (Wildman–Crippen LogP) is 2.69. The van der Waals surface area contributed by atoms with E-state index in [0.717, 1.165) is 6.26 Å². The Morgan fingerprint density at radius 2 is 1.61 bits per heavy atom. The van der Waals surface area contributed by atoms with Gasteiger partial charge in [-0.05, 0) is 36.8 Å². The molecule has 0 aliphatic rings. The zero-order valence-electron chi connectivity index (χ0n) is 12.9. The van der Waals surface area contributed by atoms with E-state index in [1.807, 2.05) is 0 Å². The van der Waals surface area contributed by atoms with Crippen molar-refractivity contribution in [2.24, 2.45) is 0 Å². The zero-order chi connectivity index (χ0) is 17.0. The summed E-state index contributed by atoms with van der Waals surface area (Å²) in [6.07, 6.45) is 1.16.